The van der Waals surface area contributed by atoms with E-state index >= 15 is 0 Å². The summed E-state index contributed by atoms with van der Waals surface area (Å²) in [4.78, 5) is 40.7. The summed E-state index contributed by atoms with van der Waals surface area (Å²) in [5.74, 6) is -1.58. The second kappa shape index (κ2) is 11.9. The minimum atomic E-state index is -0.799. The molecule has 1 aromatic rings. The minimum absolute atomic E-state index is 0.0916. The van der Waals surface area contributed by atoms with Crippen LogP contribution in [0.5, 0.6) is 0 Å². The number of pyridine rings is 1. The lowest BCUT2D eigenvalue weighted by molar-refractivity contribution is -0.143. The lowest BCUT2D eigenvalue weighted by atomic mass is 9.89. The first-order chi connectivity index (χ1) is 12.3. The quantitative estimate of drug-likeness (QED) is 0.218. The van der Waals surface area contributed by atoms with E-state index in [-0.39, 0.29) is 36.7 Å². The van der Waals surface area contributed by atoms with Crippen LogP contribution >= 0.6 is 15.9 Å². The molecule has 1 rings (SSSR count). The van der Waals surface area contributed by atoms with E-state index < -0.39 is 5.92 Å². The molecular weight excluding hydrogens is 402 g/mol. The zero-order valence-electron chi connectivity index (χ0n) is 15.5. The fourth-order valence-corrected chi connectivity index (χ4v) is 2.75. The monoisotopic (exact) mass is 427 g/mol. The average Bonchev–Trinajstić information content (AvgIpc) is 2.59. The van der Waals surface area contributed by atoms with Crippen molar-refractivity contribution in [3.05, 3.63) is 28.5 Å². The molecule has 0 bridgehead atoms. The Balaban J connectivity index is 2.73. The Kier molecular flexibility index (Phi) is 10.3. The van der Waals surface area contributed by atoms with Crippen LogP contribution in [0.2, 0.25) is 0 Å². The lowest BCUT2D eigenvalue weighted by Gasteiger charge is -2.16. The van der Waals surface area contributed by atoms with E-state index in [1.807, 2.05) is 13.8 Å². The summed E-state index contributed by atoms with van der Waals surface area (Å²) in [5, 5.41) is 0. The lowest BCUT2D eigenvalue weighted by Crippen LogP contribution is -2.29. The van der Waals surface area contributed by atoms with Crippen LogP contribution in [-0.4, -0.2) is 41.8 Å². The second-order valence-corrected chi connectivity index (χ2v) is 7.10. The number of halogens is 1. The third kappa shape index (κ3) is 8.19. The van der Waals surface area contributed by atoms with Crippen LogP contribution in [0.4, 0.5) is 0 Å². The molecule has 1 atom stereocenters. The van der Waals surface area contributed by atoms with Gasteiger partial charge in [-0.25, -0.2) is 0 Å². The van der Waals surface area contributed by atoms with Gasteiger partial charge in [-0.3, -0.25) is 19.4 Å². The highest BCUT2D eigenvalue weighted by Crippen LogP contribution is 2.20. The number of hydrogen-bond donors (Lipinski definition) is 0. The maximum absolute atomic E-state index is 12.8. The van der Waals surface area contributed by atoms with Crippen LogP contribution in [0.3, 0.4) is 0 Å². The van der Waals surface area contributed by atoms with Crippen molar-refractivity contribution in [1.29, 1.82) is 0 Å². The molecule has 0 aliphatic heterocycles. The van der Waals surface area contributed by atoms with Gasteiger partial charge in [0.25, 0.3) is 0 Å². The Bertz CT molecular complexity index is 618. The second-order valence-electron chi connectivity index (χ2n) is 6.19. The first-order valence-corrected chi connectivity index (χ1v) is 9.59. The van der Waals surface area contributed by atoms with Crippen molar-refractivity contribution < 1.29 is 23.9 Å². The number of aromatic nitrogens is 1. The summed E-state index contributed by atoms with van der Waals surface area (Å²) in [6, 6.07) is 1.65. The molecule has 144 valence electrons. The van der Waals surface area contributed by atoms with Gasteiger partial charge in [-0.1, -0.05) is 6.42 Å². The Morgan fingerprint density at radius 3 is 2.54 bits per heavy atom. The molecule has 0 saturated heterocycles. The largest absolute Gasteiger partial charge is 0.466 e. The maximum atomic E-state index is 12.8. The van der Waals surface area contributed by atoms with Crippen molar-refractivity contribution in [2.75, 3.05) is 13.2 Å². The number of unbranched alkanes of at least 4 members (excludes halogenated alkanes) is 1. The molecule has 0 aromatic carbocycles. The summed E-state index contributed by atoms with van der Waals surface area (Å²) in [6.45, 7) is 5.67. The molecule has 0 radical (unpaired) electrons. The van der Waals surface area contributed by atoms with Crippen molar-refractivity contribution in [1.82, 2.24) is 4.98 Å². The number of Topliss-reactive ketones (excluding diaryl/α,β-unsaturated/α-hetero) is 2. The Hall–Kier alpha value is -1.60. The number of carbonyl (C=O) groups excluding carboxylic acids is 3. The van der Waals surface area contributed by atoms with Crippen LogP contribution < -0.4 is 0 Å². The molecule has 1 heterocycles. The summed E-state index contributed by atoms with van der Waals surface area (Å²) < 4.78 is 10.9. The van der Waals surface area contributed by atoms with Gasteiger partial charge in [0.05, 0.1) is 18.6 Å². The van der Waals surface area contributed by atoms with Gasteiger partial charge in [0.15, 0.2) is 11.6 Å². The van der Waals surface area contributed by atoms with Gasteiger partial charge in [-0.05, 0) is 55.6 Å². The van der Waals surface area contributed by atoms with Gasteiger partial charge in [-0.2, -0.15) is 0 Å². The molecule has 0 aliphatic carbocycles. The molecule has 7 heteroatoms. The number of nitrogens with zero attached hydrogens (tertiary/aromatic N) is 1. The number of carbonyl (C=O) groups is 3. The van der Waals surface area contributed by atoms with E-state index in [2.05, 4.69) is 20.9 Å². The first kappa shape index (κ1) is 22.4. The Morgan fingerprint density at radius 2 is 1.92 bits per heavy atom. The van der Waals surface area contributed by atoms with Crippen LogP contribution in [0.1, 0.15) is 56.8 Å². The normalized spacial score (nSPS) is 12.0. The molecule has 0 saturated carbocycles. The van der Waals surface area contributed by atoms with Gasteiger partial charge in [0.1, 0.15) is 6.61 Å². The molecule has 1 unspecified atom stereocenters. The molecule has 6 nitrogen and oxygen atoms in total. The maximum Gasteiger partial charge on any atom is 0.305 e. The fraction of sp³-hybridized carbons (Fsp3) is 0.579. The van der Waals surface area contributed by atoms with Gasteiger partial charge >= 0.3 is 5.97 Å². The standard InChI is InChI=1S/C19H26BrNO5/c1-4-25-18(23)8-6-5-7-16(17(22)12-26-13(2)3)19(24)14-9-15(20)11-21-10-14/h9-11,13,16H,4-8,12H2,1-3H3. The van der Waals surface area contributed by atoms with E-state index in [4.69, 9.17) is 9.47 Å². The van der Waals surface area contributed by atoms with Crippen molar-refractivity contribution in [3.63, 3.8) is 0 Å². The van der Waals surface area contributed by atoms with E-state index in [0.29, 0.717) is 35.9 Å². The molecule has 26 heavy (non-hydrogen) atoms. The van der Waals surface area contributed by atoms with E-state index in [1.54, 1.807) is 19.2 Å². The fourth-order valence-electron chi connectivity index (χ4n) is 2.39. The van der Waals surface area contributed by atoms with E-state index in [0.717, 1.165) is 0 Å². The molecule has 0 aliphatic rings. The number of rotatable bonds is 12. The predicted molar refractivity (Wildman–Crippen MR) is 101 cm³/mol. The minimum Gasteiger partial charge on any atom is -0.466 e. The van der Waals surface area contributed by atoms with E-state index in [1.165, 1.54) is 6.20 Å². The van der Waals surface area contributed by atoms with Crippen LogP contribution in [0, 0.1) is 5.92 Å². The van der Waals surface area contributed by atoms with E-state index in [9.17, 15) is 14.4 Å². The third-order valence-corrected chi connectivity index (χ3v) is 4.12. The molecule has 0 fully saturated rings. The topological polar surface area (TPSA) is 82.6 Å². The molecule has 0 spiro atoms. The summed E-state index contributed by atoms with van der Waals surface area (Å²) in [5.41, 5.74) is 0.382. The van der Waals surface area contributed by atoms with Gasteiger partial charge in [-0.15, -0.1) is 0 Å². The summed E-state index contributed by atoms with van der Waals surface area (Å²) in [6.07, 6.45) is 4.73. The van der Waals surface area contributed by atoms with Crippen LogP contribution in [0.15, 0.2) is 22.9 Å². The Morgan fingerprint density at radius 1 is 1.19 bits per heavy atom. The summed E-state index contributed by atoms with van der Waals surface area (Å²) >= 11 is 3.29. The third-order valence-electron chi connectivity index (χ3n) is 3.68. The zero-order chi connectivity index (χ0) is 19.5. The molecule has 0 N–H and O–H groups in total. The Labute approximate surface area is 162 Å². The molecular formula is C19H26BrNO5. The van der Waals surface area contributed by atoms with Crippen molar-refractivity contribution in [2.24, 2.45) is 5.92 Å². The van der Waals surface area contributed by atoms with Gasteiger partial charge in [0.2, 0.25) is 0 Å². The number of esters is 1. The van der Waals surface area contributed by atoms with Gasteiger partial charge < -0.3 is 9.47 Å². The zero-order valence-corrected chi connectivity index (χ0v) is 17.1. The average molecular weight is 428 g/mol. The number of ether oxygens (including phenoxy) is 2. The highest BCUT2D eigenvalue weighted by atomic mass is 79.9. The van der Waals surface area contributed by atoms with Crippen molar-refractivity contribution in [2.45, 2.75) is 52.6 Å². The molecule has 1 aromatic heterocycles. The highest BCUT2D eigenvalue weighted by Gasteiger charge is 2.27. The van der Waals surface area contributed by atoms with Crippen LogP contribution in [0.25, 0.3) is 0 Å². The van der Waals surface area contributed by atoms with Gasteiger partial charge in [0, 0.05) is 28.9 Å². The number of hydrogen-bond acceptors (Lipinski definition) is 6. The van der Waals surface area contributed by atoms with Crippen molar-refractivity contribution in [3.8, 4) is 0 Å². The first-order valence-electron chi connectivity index (χ1n) is 8.79. The SMILES string of the molecule is CCOC(=O)CCCCC(C(=O)COC(C)C)C(=O)c1cncc(Br)c1. The highest BCUT2D eigenvalue weighted by molar-refractivity contribution is 9.10. The number of ketones is 2. The molecule has 0 amide bonds. The van der Waals surface area contributed by atoms with Crippen molar-refractivity contribution >= 4 is 33.5 Å². The predicted octanol–water partition coefficient (Wildman–Crippen LogP) is 3.76. The summed E-state index contributed by atoms with van der Waals surface area (Å²) in [7, 11) is 0. The van der Waals surface area contributed by atoms with Crippen LogP contribution in [-0.2, 0) is 19.1 Å². The smallest absolute Gasteiger partial charge is 0.305 e.